The van der Waals surface area contributed by atoms with E-state index < -0.39 is 11.4 Å². The Morgan fingerprint density at radius 3 is 2.44 bits per heavy atom. The minimum atomic E-state index is -1.09. The first-order valence-electron chi connectivity index (χ1n) is 6.09. The lowest BCUT2D eigenvalue weighted by atomic mass is 10.0. The molecule has 102 valence electrons. The lowest BCUT2D eigenvalue weighted by molar-refractivity contribution is 0.402. The molecule has 1 aromatic carbocycles. The smallest absolute Gasteiger partial charge is 0.136 e. The predicted molar refractivity (Wildman–Crippen MR) is 77.2 cm³/mol. The molecular weight excluding hydrogens is 246 g/mol. The van der Waals surface area contributed by atoms with Crippen molar-refractivity contribution in [2.24, 2.45) is 0 Å². The summed E-state index contributed by atoms with van der Waals surface area (Å²) in [6.07, 6.45) is 0. The van der Waals surface area contributed by atoms with Crippen LogP contribution in [0.15, 0.2) is 18.2 Å². The highest BCUT2D eigenvalue weighted by atomic mass is 32.2. The van der Waals surface area contributed by atoms with E-state index in [4.69, 9.17) is 4.74 Å². The lowest BCUT2D eigenvalue weighted by Crippen LogP contribution is -2.40. The Morgan fingerprint density at radius 1 is 1.33 bits per heavy atom. The van der Waals surface area contributed by atoms with Crippen molar-refractivity contribution in [1.29, 1.82) is 0 Å². The maximum atomic E-state index is 12.1. The topological polar surface area (TPSA) is 44.3 Å². The number of hydrogen-bond donors (Lipinski definition) is 1. The fraction of sp³-hybridized carbons (Fsp3) is 0.571. The molecule has 0 bridgehead atoms. The van der Waals surface area contributed by atoms with E-state index in [2.05, 4.69) is 4.72 Å². The van der Waals surface area contributed by atoms with Crippen LogP contribution in [0.2, 0.25) is 0 Å². The molecule has 18 heavy (non-hydrogen) atoms. The van der Waals surface area contributed by atoms with Crippen molar-refractivity contribution in [2.45, 2.75) is 45.4 Å². The maximum absolute atomic E-state index is 12.1. The Kier molecular flexibility index (Phi) is 5.08. The second-order valence-corrected chi connectivity index (χ2v) is 7.42. The zero-order valence-electron chi connectivity index (χ0n) is 12.0. The van der Waals surface area contributed by atoms with E-state index >= 15 is 0 Å². The molecule has 2 atom stereocenters. The number of benzene rings is 1. The highest BCUT2D eigenvalue weighted by Crippen LogP contribution is 2.29. The number of methoxy groups -OCH3 is 1. The standard InChI is InChI=1S/C14H23NO2S/c1-10-8-7-9-12(13(10)17-6)11(2)15-18(16)14(3,4)5/h7-9,11,15H,1-6H3. The molecule has 4 heteroatoms. The van der Waals surface area contributed by atoms with Gasteiger partial charge in [0.1, 0.15) is 10.5 Å². The normalized spacial score (nSPS) is 15.3. The van der Waals surface area contributed by atoms with Gasteiger partial charge in [-0.25, -0.2) is 0 Å². The van der Waals surface area contributed by atoms with E-state index in [0.29, 0.717) is 0 Å². The maximum Gasteiger partial charge on any atom is 0.136 e. The minimum Gasteiger partial charge on any atom is -0.598 e. The third-order valence-electron chi connectivity index (χ3n) is 2.75. The molecule has 0 saturated heterocycles. The lowest BCUT2D eigenvalue weighted by Gasteiger charge is -2.27. The fourth-order valence-electron chi connectivity index (χ4n) is 1.70. The van der Waals surface area contributed by atoms with E-state index in [1.54, 1.807) is 7.11 Å². The second-order valence-electron chi connectivity index (χ2n) is 5.42. The monoisotopic (exact) mass is 269 g/mol. The van der Waals surface area contributed by atoms with Gasteiger partial charge >= 0.3 is 0 Å². The molecule has 0 amide bonds. The molecule has 1 N–H and O–H groups in total. The second kappa shape index (κ2) is 5.95. The first-order valence-corrected chi connectivity index (χ1v) is 7.24. The van der Waals surface area contributed by atoms with Crippen molar-refractivity contribution in [1.82, 2.24) is 4.72 Å². The van der Waals surface area contributed by atoms with E-state index in [1.807, 2.05) is 52.8 Å². The van der Waals surface area contributed by atoms with Crippen LogP contribution in [0.3, 0.4) is 0 Å². The van der Waals surface area contributed by atoms with Gasteiger partial charge in [-0.05, 0) is 40.2 Å². The van der Waals surface area contributed by atoms with Gasteiger partial charge in [0.15, 0.2) is 0 Å². The van der Waals surface area contributed by atoms with Crippen LogP contribution in [0, 0.1) is 6.92 Å². The summed E-state index contributed by atoms with van der Waals surface area (Å²) in [5, 5.41) is 0. The Hall–Kier alpha value is -0.710. The average molecular weight is 269 g/mol. The fourth-order valence-corrected chi connectivity index (χ4v) is 2.50. The molecule has 0 aliphatic rings. The van der Waals surface area contributed by atoms with Gasteiger partial charge in [-0.1, -0.05) is 18.2 Å². The van der Waals surface area contributed by atoms with Crippen molar-refractivity contribution in [3.63, 3.8) is 0 Å². The third kappa shape index (κ3) is 3.64. The molecule has 2 unspecified atom stereocenters. The SMILES string of the molecule is COc1c(C)cccc1C(C)N[S+]([O-])C(C)(C)C. The largest absolute Gasteiger partial charge is 0.598 e. The van der Waals surface area contributed by atoms with E-state index in [1.165, 1.54) is 0 Å². The highest BCUT2D eigenvalue weighted by molar-refractivity contribution is 7.90. The zero-order valence-corrected chi connectivity index (χ0v) is 12.9. The van der Waals surface area contributed by atoms with Crippen LogP contribution >= 0.6 is 0 Å². The number of rotatable bonds is 4. The van der Waals surface area contributed by atoms with Crippen LogP contribution in [0.25, 0.3) is 0 Å². The summed E-state index contributed by atoms with van der Waals surface area (Å²) in [6.45, 7) is 9.87. The van der Waals surface area contributed by atoms with Gasteiger partial charge in [-0.15, -0.1) is 4.72 Å². The van der Waals surface area contributed by atoms with Gasteiger partial charge in [0.2, 0.25) is 0 Å². The highest BCUT2D eigenvalue weighted by Gasteiger charge is 2.29. The Bertz CT molecular complexity index is 401. The molecule has 0 fully saturated rings. The Labute approximate surface area is 113 Å². The van der Waals surface area contributed by atoms with Crippen LogP contribution in [0.1, 0.15) is 44.9 Å². The molecule has 0 aliphatic carbocycles. The van der Waals surface area contributed by atoms with E-state index in [9.17, 15) is 4.55 Å². The molecular formula is C14H23NO2S. The molecule has 1 rings (SSSR count). The molecule has 0 aliphatic heterocycles. The van der Waals surface area contributed by atoms with Crippen molar-refractivity contribution in [3.05, 3.63) is 29.3 Å². The van der Waals surface area contributed by atoms with Crippen LogP contribution < -0.4 is 9.46 Å². The quantitative estimate of drug-likeness (QED) is 0.854. The van der Waals surface area contributed by atoms with Crippen molar-refractivity contribution in [2.75, 3.05) is 7.11 Å². The summed E-state index contributed by atoms with van der Waals surface area (Å²) in [4.78, 5) is 0. The number of ether oxygens (including phenoxy) is 1. The average Bonchev–Trinajstić information content (AvgIpc) is 2.27. The zero-order chi connectivity index (χ0) is 13.9. The predicted octanol–water partition coefficient (Wildman–Crippen LogP) is 3.12. The molecule has 0 spiro atoms. The van der Waals surface area contributed by atoms with Crippen LogP contribution in [0.5, 0.6) is 5.75 Å². The van der Waals surface area contributed by atoms with Crippen molar-refractivity contribution >= 4 is 11.4 Å². The van der Waals surface area contributed by atoms with Gasteiger partial charge in [0, 0.05) is 16.9 Å². The Morgan fingerprint density at radius 2 is 1.94 bits per heavy atom. The van der Waals surface area contributed by atoms with Crippen LogP contribution in [-0.2, 0) is 11.4 Å². The number of para-hydroxylation sites is 1. The minimum absolute atomic E-state index is 0.0140. The van der Waals surface area contributed by atoms with E-state index in [-0.39, 0.29) is 10.8 Å². The van der Waals surface area contributed by atoms with Crippen molar-refractivity contribution in [3.8, 4) is 5.75 Å². The van der Waals surface area contributed by atoms with Gasteiger partial charge < -0.3 is 9.29 Å². The first-order chi connectivity index (χ1) is 8.27. The van der Waals surface area contributed by atoms with Gasteiger partial charge in [-0.2, -0.15) is 0 Å². The van der Waals surface area contributed by atoms with E-state index in [0.717, 1.165) is 16.9 Å². The summed E-state index contributed by atoms with van der Waals surface area (Å²) in [5.41, 5.74) is 2.13. The molecule has 0 radical (unpaired) electrons. The molecule has 3 nitrogen and oxygen atoms in total. The molecule has 1 aromatic rings. The van der Waals surface area contributed by atoms with Crippen molar-refractivity contribution < 1.29 is 9.29 Å². The van der Waals surface area contributed by atoms with Gasteiger partial charge in [0.25, 0.3) is 0 Å². The first kappa shape index (κ1) is 15.3. The number of aryl methyl sites for hydroxylation is 1. The summed E-state index contributed by atoms with van der Waals surface area (Å²) in [7, 11) is 1.67. The van der Waals surface area contributed by atoms with Gasteiger partial charge in [0.05, 0.1) is 13.2 Å². The molecule has 0 saturated carbocycles. The number of hydrogen-bond acceptors (Lipinski definition) is 3. The summed E-state index contributed by atoms with van der Waals surface area (Å²) in [5.74, 6) is 0.864. The molecule has 0 heterocycles. The number of nitrogens with one attached hydrogen (secondary N) is 1. The summed E-state index contributed by atoms with van der Waals surface area (Å²) in [6, 6.07) is 5.99. The Balaban J connectivity index is 2.91. The summed E-state index contributed by atoms with van der Waals surface area (Å²) >= 11 is -1.09. The third-order valence-corrected chi connectivity index (χ3v) is 4.43. The summed E-state index contributed by atoms with van der Waals surface area (Å²) < 4.78 is 20.4. The molecule has 0 aromatic heterocycles. The van der Waals surface area contributed by atoms with Gasteiger partial charge in [-0.3, -0.25) is 0 Å². The van der Waals surface area contributed by atoms with Crippen LogP contribution in [-0.4, -0.2) is 16.4 Å². The van der Waals surface area contributed by atoms with Crippen LogP contribution in [0.4, 0.5) is 0 Å².